The minimum absolute atomic E-state index is 0.0378. The van der Waals surface area contributed by atoms with Gasteiger partial charge < -0.3 is 16.0 Å². The van der Waals surface area contributed by atoms with Gasteiger partial charge in [-0.25, -0.2) is 8.78 Å². The molecule has 1 aromatic carbocycles. The van der Waals surface area contributed by atoms with E-state index in [1.165, 1.54) is 6.07 Å². The van der Waals surface area contributed by atoms with Gasteiger partial charge in [-0.05, 0) is 31.8 Å². The molecule has 3 nitrogen and oxygen atoms in total. The van der Waals surface area contributed by atoms with Gasteiger partial charge in [0.05, 0.1) is 0 Å². The van der Waals surface area contributed by atoms with Crippen LogP contribution in [0.15, 0.2) is 18.2 Å². The van der Waals surface area contributed by atoms with Gasteiger partial charge in [0.25, 0.3) is 6.43 Å². The van der Waals surface area contributed by atoms with Crippen LogP contribution >= 0.6 is 0 Å². The van der Waals surface area contributed by atoms with Crippen LogP contribution in [-0.2, 0) is 0 Å². The molecule has 0 fully saturated rings. The van der Waals surface area contributed by atoms with Gasteiger partial charge in [-0.2, -0.15) is 0 Å². The molecular formula is C12H19F2N3. The predicted molar refractivity (Wildman–Crippen MR) is 67.5 cm³/mol. The summed E-state index contributed by atoms with van der Waals surface area (Å²) >= 11 is 0. The van der Waals surface area contributed by atoms with Gasteiger partial charge >= 0.3 is 0 Å². The fourth-order valence-corrected chi connectivity index (χ4v) is 1.46. The molecule has 3 N–H and O–H groups in total. The van der Waals surface area contributed by atoms with E-state index in [1.54, 1.807) is 12.1 Å². The summed E-state index contributed by atoms with van der Waals surface area (Å²) in [5.41, 5.74) is 6.27. The summed E-state index contributed by atoms with van der Waals surface area (Å²) in [7, 11) is 1.98. The normalized spacial score (nSPS) is 11.2. The SMILES string of the molecule is CCN(C)CCNc1ccc(N)cc1C(F)F. The predicted octanol–water partition coefficient (Wildman–Crippen LogP) is 2.57. The fraction of sp³-hybridized carbons (Fsp3) is 0.500. The Balaban J connectivity index is 2.64. The number of nitrogens with two attached hydrogens (primary N) is 1. The van der Waals surface area contributed by atoms with Crippen molar-refractivity contribution in [2.75, 3.05) is 37.7 Å². The summed E-state index contributed by atoms with van der Waals surface area (Å²) in [6.07, 6.45) is -2.51. The van der Waals surface area contributed by atoms with Crippen molar-refractivity contribution in [3.8, 4) is 0 Å². The molecule has 5 heteroatoms. The van der Waals surface area contributed by atoms with Gasteiger partial charge in [0, 0.05) is 30.0 Å². The maximum atomic E-state index is 12.8. The summed E-state index contributed by atoms with van der Waals surface area (Å²) in [4.78, 5) is 2.10. The number of rotatable bonds is 6. The lowest BCUT2D eigenvalue weighted by molar-refractivity contribution is 0.152. The smallest absolute Gasteiger partial charge is 0.265 e. The third-order valence-corrected chi connectivity index (χ3v) is 2.66. The van der Waals surface area contributed by atoms with Crippen molar-refractivity contribution >= 4 is 11.4 Å². The molecule has 0 spiro atoms. The van der Waals surface area contributed by atoms with Crippen LogP contribution in [0.5, 0.6) is 0 Å². The fourth-order valence-electron chi connectivity index (χ4n) is 1.46. The molecule has 96 valence electrons. The number of nitrogens with zero attached hydrogens (tertiary/aromatic N) is 1. The molecule has 1 rings (SSSR count). The molecule has 0 aliphatic carbocycles. The molecule has 0 aromatic heterocycles. The molecule has 0 aliphatic rings. The molecule has 0 atom stereocenters. The zero-order valence-electron chi connectivity index (χ0n) is 10.2. The lowest BCUT2D eigenvalue weighted by Crippen LogP contribution is -2.25. The highest BCUT2D eigenvalue weighted by Crippen LogP contribution is 2.28. The monoisotopic (exact) mass is 243 g/mol. The molecule has 0 unspecified atom stereocenters. The largest absolute Gasteiger partial charge is 0.399 e. The average Bonchev–Trinajstić information content (AvgIpc) is 2.30. The highest BCUT2D eigenvalue weighted by atomic mass is 19.3. The van der Waals surface area contributed by atoms with Crippen molar-refractivity contribution in [3.05, 3.63) is 23.8 Å². The van der Waals surface area contributed by atoms with E-state index in [9.17, 15) is 8.78 Å². The Hall–Kier alpha value is -1.36. The summed E-state index contributed by atoms with van der Waals surface area (Å²) in [5, 5.41) is 3.01. The number of nitrogens with one attached hydrogen (secondary N) is 1. The zero-order chi connectivity index (χ0) is 12.8. The molecule has 0 bridgehead atoms. The van der Waals surface area contributed by atoms with Gasteiger partial charge in [0.1, 0.15) is 0 Å². The van der Waals surface area contributed by atoms with Crippen LogP contribution in [0.3, 0.4) is 0 Å². The molecular weight excluding hydrogens is 224 g/mol. The number of hydrogen-bond donors (Lipinski definition) is 2. The van der Waals surface area contributed by atoms with E-state index in [0.717, 1.165) is 13.1 Å². The van der Waals surface area contributed by atoms with E-state index in [-0.39, 0.29) is 5.56 Å². The highest BCUT2D eigenvalue weighted by molar-refractivity contribution is 5.58. The van der Waals surface area contributed by atoms with E-state index in [0.29, 0.717) is 17.9 Å². The van der Waals surface area contributed by atoms with Gasteiger partial charge in [0.15, 0.2) is 0 Å². The van der Waals surface area contributed by atoms with E-state index >= 15 is 0 Å². The second-order valence-corrected chi connectivity index (χ2v) is 3.97. The van der Waals surface area contributed by atoms with Gasteiger partial charge in [-0.3, -0.25) is 0 Å². The van der Waals surface area contributed by atoms with Crippen molar-refractivity contribution in [1.82, 2.24) is 4.90 Å². The van der Waals surface area contributed by atoms with Crippen LogP contribution in [-0.4, -0.2) is 31.6 Å². The lowest BCUT2D eigenvalue weighted by atomic mass is 10.1. The van der Waals surface area contributed by atoms with E-state index in [4.69, 9.17) is 5.73 Å². The van der Waals surface area contributed by atoms with E-state index in [2.05, 4.69) is 10.2 Å². The van der Waals surface area contributed by atoms with Gasteiger partial charge in [-0.15, -0.1) is 0 Å². The number of halogens is 2. The number of benzene rings is 1. The summed E-state index contributed by atoms with van der Waals surface area (Å²) < 4.78 is 25.5. The first-order chi connectivity index (χ1) is 8.04. The maximum absolute atomic E-state index is 12.8. The number of likely N-dealkylation sites (N-methyl/N-ethyl adjacent to an activating group) is 1. The Morgan fingerprint density at radius 1 is 1.41 bits per heavy atom. The molecule has 17 heavy (non-hydrogen) atoms. The quantitative estimate of drug-likeness (QED) is 0.754. The van der Waals surface area contributed by atoms with Gasteiger partial charge in [0.2, 0.25) is 0 Å². The van der Waals surface area contributed by atoms with Crippen LogP contribution in [0.4, 0.5) is 20.2 Å². The van der Waals surface area contributed by atoms with Crippen molar-refractivity contribution in [3.63, 3.8) is 0 Å². The van der Waals surface area contributed by atoms with Crippen LogP contribution < -0.4 is 11.1 Å². The minimum atomic E-state index is -2.51. The molecule has 0 amide bonds. The van der Waals surface area contributed by atoms with Crippen LogP contribution in [0, 0.1) is 0 Å². The Morgan fingerprint density at radius 2 is 2.12 bits per heavy atom. The van der Waals surface area contributed by atoms with Crippen LogP contribution in [0.1, 0.15) is 18.9 Å². The minimum Gasteiger partial charge on any atom is -0.399 e. The summed E-state index contributed by atoms with van der Waals surface area (Å²) in [6, 6.07) is 4.54. The number of anilines is 2. The Bertz CT molecular complexity index is 356. The van der Waals surface area contributed by atoms with Gasteiger partial charge in [-0.1, -0.05) is 6.92 Å². The van der Waals surface area contributed by atoms with Crippen molar-refractivity contribution in [2.45, 2.75) is 13.3 Å². The molecule has 0 saturated carbocycles. The van der Waals surface area contributed by atoms with E-state index < -0.39 is 6.43 Å². The summed E-state index contributed by atoms with van der Waals surface area (Å²) in [6.45, 7) is 4.43. The third-order valence-electron chi connectivity index (χ3n) is 2.66. The van der Waals surface area contributed by atoms with Crippen molar-refractivity contribution < 1.29 is 8.78 Å². The first kappa shape index (κ1) is 13.7. The zero-order valence-corrected chi connectivity index (χ0v) is 10.2. The Kier molecular flexibility index (Phi) is 5.15. The molecule has 0 aliphatic heterocycles. The van der Waals surface area contributed by atoms with Crippen LogP contribution in [0.2, 0.25) is 0 Å². The topological polar surface area (TPSA) is 41.3 Å². The number of nitrogen functional groups attached to an aromatic ring is 1. The average molecular weight is 243 g/mol. The first-order valence-corrected chi connectivity index (χ1v) is 5.64. The maximum Gasteiger partial charge on any atom is 0.265 e. The summed E-state index contributed by atoms with van der Waals surface area (Å²) in [5.74, 6) is 0. The van der Waals surface area contributed by atoms with Crippen molar-refractivity contribution in [1.29, 1.82) is 0 Å². The highest BCUT2D eigenvalue weighted by Gasteiger charge is 2.12. The van der Waals surface area contributed by atoms with E-state index in [1.807, 2.05) is 14.0 Å². The Labute approximate surface area is 101 Å². The molecule has 1 aromatic rings. The number of alkyl halides is 2. The second-order valence-electron chi connectivity index (χ2n) is 3.97. The lowest BCUT2D eigenvalue weighted by Gasteiger charge is -2.16. The number of hydrogen-bond acceptors (Lipinski definition) is 3. The second kappa shape index (κ2) is 6.39. The third kappa shape index (κ3) is 4.19. The molecule has 0 radical (unpaired) electrons. The Morgan fingerprint density at radius 3 is 2.71 bits per heavy atom. The standard InChI is InChI=1S/C12H19F2N3/c1-3-17(2)7-6-16-11-5-4-9(15)8-10(11)12(13)14/h4-5,8,12,16H,3,6-7,15H2,1-2H3. The van der Waals surface area contributed by atoms with Crippen LogP contribution in [0.25, 0.3) is 0 Å². The first-order valence-electron chi connectivity index (χ1n) is 5.64. The molecule has 0 heterocycles. The molecule has 0 saturated heterocycles. The van der Waals surface area contributed by atoms with Crippen molar-refractivity contribution in [2.24, 2.45) is 0 Å².